The molecule has 1 fully saturated rings. The molecule has 2 unspecified atom stereocenters. The van der Waals surface area contributed by atoms with Gasteiger partial charge in [0, 0.05) is 7.05 Å². The van der Waals surface area contributed by atoms with Crippen LogP contribution in [0.15, 0.2) is 0 Å². The van der Waals surface area contributed by atoms with Crippen LogP contribution in [0.2, 0.25) is 0 Å². The minimum Gasteiger partial charge on any atom is -0.284 e. The monoisotopic (exact) mass is 187 g/mol. The number of carbonyl (C=O) groups is 2. The van der Waals surface area contributed by atoms with E-state index in [9.17, 15) is 9.59 Å². The molecule has 4 heteroatoms. The second kappa shape index (κ2) is 3.47. The van der Waals surface area contributed by atoms with Crippen molar-refractivity contribution in [3.05, 3.63) is 0 Å². The summed E-state index contributed by atoms with van der Waals surface area (Å²) in [5.41, 5.74) is 0. The summed E-state index contributed by atoms with van der Waals surface area (Å²) in [5, 5.41) is -0.146. The average Bonchev–Trinajstić information content (AvgIpc) is 2.23. The fourth-order valence-corrected chi connectivity index (χ4v) is 2.41. The van der Waals surface area contributed by atoms with Gasteiger partial charge in [-0.2, -0.15) is 0 Å². The van der Waals surface area contributed by atoms with Gasteiger partial charge in [-0.1, -0.05) is 13.8 Å². The number of carbonyl (C=O) groups excluding carboxylic acids is 2. The Morgan fingerprint density at radius 3 is 2.33 bits per heavy atom. The molecule has 0 spiro atoms. The number of nitrogens with zero attached hydrogens (tertiary/aromatic N) is 1. The lowest BCUT2D eigenvalue weighted by Crippen LogP contribution is -2.26. The number of imide groups is 1. The van der Waals surface area contributed by atoms with E-state index in [1.807, 2.05) is 13.8 Å². The van der Waals surface area contributed by atoms with Gasteiger partial charge in [0.25, 0.3) is 0 Å². The van der Waals surface area contributed by atoms with E-state index in [1.54, 1.807) is 18.8 Å². The highest BCUT2D eigenvalue weighted by atomic mass is 32.2. The lowest BCUT2D eigenvalue weighted by atomic mass is 10.1. The number of hydrogen-bond donors (Lipinski definition) is 0. The van der Waals surface area contributed by atoms with Crippen molar-refractivity contribution < 1.29 is 9.59 Å². The zero-order valence-corrected chi connectivity index (χ0v) is 8.35. The average molecular weight is 187 g/mol. The molecular weight excluding hydrogens is 174 g/mol. The number of thioether (sulfide) groups is 1. The number of rotatable bonds is 2. The van der Waals surface area contributed by atoms with Crippen LogP contribution in [0.5, 0.6) is 0 Å². The number of amides is 2. The molecule has 1 saturated heterocycles. The molecule has 2 amide bonds. The van der Waals surface area contributed by atoms with Crippen molar-refractivity contribution in [2.75, 3.05) is 12.8 Å². The molecule has 12 heavy (non-hydrogen) atoms. The SMILES string of the molecule is CCSC1C(=O)N(C)C(=O)C1C. The quantitative estimate of drug-likeness (QED) is 0.598. The van der Waals surface area contributed by atoms with Gasteiger partial charge in [-0.15, -0.1) is 11.8 Å². The molecule has 0 aromatic carbocycles. The van der Waals surface area contributed by atoms with Gasteiger partial charge in [0.05, 0.1) is 11.2 Å². The van der Waals surface area contributed by atoms with E-state index < -0.39 is 0 Å². The summed E-state index contributed by atoms with van der Waals surface area (Å²) >= 11 is 1.55. The molecule has 1 heterocycles. The van der Waals surface area contributed by atoms with E-state index in [4.69, 9.17) is 0 Å². The predicted molar refractivity (Wildman–Crippen MR) is 48.9 cm³/mol. The molecule has 3 nitrogen and oxygen atoms in total. The topological polar surface area (TPSA) is 37.4 Å². The molecule has 0 aromatic rings. The first-order valence-electron chi connectivity index (χ1n) is 4.02. The molecule has 0 aromatic heterocycles. The molecule has 0 aliphatic carbocycles. The van der Waals surface area contributed by atoms with Gasteiger partial charge in [-0.05, 0) is 5.75 Å². The summed E-state index contributed by atoms with van der Waals surface area (Å²) in [6, 6.07) is 0. The third-order valence-electron chi connectivity index (χ3n) is 2.09. The first-order chi connectivity index (χ1) is 5.59. The summed E-state index contributed by atoms with van der Waals surface area (Å²) in [4.78, 5) is 23.9. The summed E-state index contributed by atoms with van der Waals surface area (Å²) in [7, 11) is 1.55. The maximum absolute atomic E-state index is 11.4. The van der Waals surface area contributed by atoms with Gasteiger partial charge in [-0.25, -0.2) is 0 Å². The Kier molecular flexibility index (Phi) is 2.77. The molecule has 0 bridgehead atoms. The zero-order chi connectivity index (χ0) is 9.30. The minimum atomic E-state index is -0.146. The Morgan fingerprint density at radius 2 is 2.00 bits per heavy atom. The fourth-order valence-electron chi connectivity index (χ4n) is 1.34. The van der Waals surface area contributed by atoms with E-state index in [0.717, 1.165) is 5.75 Å². The van der Waals surface area contributed by atoms with Crippen molar-refractivity contribution in [2.24, 2.45) is 5.92 Å². The highest BCUT2D eigenvalue weighted by molar-refractivity contribution is 8.00. The summed E-state index contributed by atoms with van der Waals surface area (Å²) in [6.45, 7) is 3.81. The minimum absolute atomic E-state index is 0.0423. The third-order valence-corrected chi connectivity index (χ3v) is 3.40. The van der Waals surface area contributed by atoms with Crippen molar-refractivity contribution in [2.45, 2.75) is 19.1 Å². The fraction of sp³-hybridized carbons (Fsp3) is 0.750. The van der Waals surface area contributed by atoms with E-state index in [2.05, 4.69) is 0 Å². The summed E-state index contributed by atoms with van der Waals surface area (Å²) in [6.07, 6.45) is 0. The van der Waals surface area contributed by atoms with Gasteiger partial charge < -0.3 is 0 Å². The van der Waals surface area contributed by atoms with Crippen LogP contribution < -0.4 is 0 Å². The van der Waals surface area contributed by atoms with Crippen molar-refractivity contribution in [3.63, 3.8) is 0 Å². The van der Waals surface area contributed by atoms with Gasteiger partial charge in [0.15, 0.2) is 0 Å². The largest absolute Gasteiger partial charge is 0.284 e. The van der Waals surface area contributed by atoms with Crippen molar-refractivity contribution in [1.29, 1.82) is 0 Å². The van der Waals surface area contributed by atoms with Crippen LogP contribution in [-0.4, -0.2) is 34.8 Å². The summed E-state index contributed by atoms with van der Waals surface area (Å²) in [5.74, 6) is 0.639. The Bertz CT molecular complexity index is 217. The van der Waals surface area contributed by atoms with E-state index in [1.165, 1.54) is 4.90 Å². The van der Waals surface area contributed by atoms with Crippen molar-refractivity contribution >= 4 is 23.6 Å². The lowest BCUT2D eigenvalue weighted by Gasteiger charge is -2.07. The van der Waals surface area contributed by atoms with Crippen LogP contribution in [-0.2, 0) is 9.59 Å². The third kappa shape index (κ3) is 1.35. The first-order valence-corrected chi connectivity index (χ1v) is 5.07. The van der Waals surface area contributed by atoms with Crippen LogP contribution in [0.1, 0.15) is 13.8 Å². The van der Waals surface area contributed by atoms with E-state index >= 15 is 0 Å². The Labute approximate surface area is 76.5 Å². The molecule has 1 rings (SSSR count). The lowest BCUT2D eigenvalue weighted by molar-refractivity contribution is -0.137. The van der Waals surface area contributed by atoms with Gasteiger partial charge in [0.1, 0.15) is 0 Å². The second-order valence-corrected chi connectivity index (χ2v) is 4.32. The highest BCUT2D eigenvalue weighted by Crippen LogP contribution is 2.28. The molecule has 1 aliphatic heterocycles. The normalized spacial score (nSPS) is 30.1. The van der Waals surface area contributed by atoms with Crippen LogP contribution in [0.25, 0.3) is 0 Å². The first kappa shape index (κ1) is 9.58. The molecule has 0 radical (unpaired) electrons. The Morgan fingerprint density at radius 1 is 1.42 bits per heavy atom. The van der Waals surface area contributed by atoms with Crippen molar-refractivity contribution in [3.8, 4) is 0 Å². The predicted octanol–water partition coefficient (Wildman–Crippen LogP) is 0.743. The van der Waals surface area contributed by atoms with Gasteiger partial charge in [0.2, 0.25) is 11.8 Å². The highest BCUT2D eigenvalue weighted by Gasteiger charge is 2.42. The molecule has 1 aliphatic rings. The summed E-state index contributed by atoms with van der Waals surface area (Å²) < 4.78 is 0. The Hall–Kier alpha value is -0.510. The molecular formula is C8H13NO2S. The smallest absolute Gasteiger partial charge is 0.242 e. The molecule has 0 N–H and O–H groups in total. The second-order valence-electron chi connectivity index (χ2n) is 2.90. The molecule has 0 saturated carbocycles. The van der Waals surface area contributed by atoms with E-state index in [0.29, 0.717) is 0 Å². The van der Waals surface area contributed by atoms with Crippen LogP contribution >= 0.6 is 11.8 Å². The van der Waals surface area contributed by atoms with Crippen LogP contribution in [0.3, 0.4) is 0 Å². The standard InChI is InChI=1S/C8H13NO2S/c1-4-12-6-5(2)7(10)9(3)8(6)11/h5-6H,4H2,1-3H3. The number of likely N-dealkylation sites (tertiary alicyclic amines) is 1. The van der Waals surface area contributed by atoms with Gasteiger partial charge >= 0.3 is 0 Å². The molecule has 2 atom stereocenters. The van der Waals surface area contributed by atoms with Crippen molar-refractivity contribution in [1.82, 2.24) is 4.90 Å². The Balaban J connectivity index is 2.76. The van der Waals surface area contributed by atoms with Crippen LogP contribution in [0, 0.1) is 5.92 Å². The maximum Gasteiger partial charge on any atom is 0.242 e. The number of hydrogen-bond acceptors (Lipinski definition) is 3. The van der Waals surface area contributed by atoms with E-state index in [-0.39, 0.29) is 23.0 Å². The molecule has 68 valence electrons. The van der Waals surface area contributed by atoms with Gasteiger partial charge in [-0.3, -0.25) is 14.5 Å². The maximum atomic E-state index is 11.4. The zero-order valence-electron chi connectivity index (χ0n) is 7.53. The van der Waals surface area contributed by atoms with Crippen LogP contribution in [0.4, 0.5) is 0 Å².